The summed E-state index contributed by atoms with van der Waals surface area (Å²) in [5.74, 6) is 0.270. The molecule has 0 saturated heterocycles. The maximum absolute atomic E-state index is 11.7. The van der Waals surface area contributed by atoms with Crippen molar-refractivity contribution in [1.29, 1.82) is 0 Å². The van der Waals surface area contributed by atoms with Gasteiger partial charge in [-0.15, -0.1) is 0 Å². The van der Waals surface area contributed by atoms with Crippen molar-refractivity contribution < 1.29 is 14.5 Å². The van der Waals surface area contributed by atoms with Gasteiger partial charge in [0.1, 0.15) is 11.8 Å². The van der Waals surface area contributed by atoms with Gasteiger partial charge in [-0.25, -0.2) is 9.48 Å². The Morgan fingerprint density at radius 2 is 2.15 bits per heavy atom. The Balaban J connectivity index is 2.98. The number of carbonyl (C=O) groups is 1. The summed E-state index contributed by atoms with van der Waals surface area (Å²) < 4.78 is 6.49. The van der Waals surface area contributed by atoms with Crippen LogP contribution in [0.15, 0.2) is 6.20 Å². The molecule has 1 rings (SSSR count). The van der Waals surface area contributed by atoms with E-state index in [1.165, 1.54) is 4.68 Å². The molecule has 0 spiro atoms. The normalized spacial score (nSPS) is 11.5. The van der Waals surface area contributed by atoms with E-state index in [2.05, 4.69) is 10.4 Å². The quantitative estimate of drug-likeness (QED) is 0.677. The highest BCUT2D eigenvalue weighted by Gasteiger charge is 2.25. The number of anilines is 1. The number of carbonyl (C=O) groups excluding carboxylic acids is 1. The SMILES string of the molecule is CC(C)Cn1ncc([N+](=O)[O-])c1NC(=O)OC(C)(C)C. The number of ether oxygens (including phenoxy) is 1. The van der Waals surface area contributed by atoms with Crippen LogP contribution in [0.1, 0.15) is 34.6 Å². The number of nitrogens with one attached hydrogen (secondary N) is 1. The van der Waals surface area contributed by atoms with Gasteiger partial charge in [0.05, 0.1) is 4.92 Å². The highest BCUT2D eigenvalue weighted by Crippen LogP contribution is 2.25. The maximum Gasteiger partial charge on any atom is 0.413 e. The van der Waals surface area contributed by atoms with Crippen LogP contribution in [0.2, 0.25) is 0 Å². The minimum absolute atomic E-state index is 0.0398. The molecule has 112 valence electrons. The zero-order chi connectivity index (χ0) is 15.5. The van der Waals surface area contributed by atoms with Crippen molar-refractivity contribution >= 4 is 17.6 Å². The molecule has 8 heteroatoms. The van der Waals surface area contributed by atoms with Crippen LogP contribution in [0.4, 0.5) is 16.3 Å². The number of aromatic nitrogens is 2. The van der Waals surface area contributed by atoms with Gasteiger partial charge < -0.3 is 4.74 Å². The lowest BCUT2D eigenvalue weighted by molar-refractivity contribution is -0.384. The fourth-order valence-corrected chi connectivity index (χ4v) is 1.52. The lowest BCUT2D eigenvalue weighted by Crippen LogP contribution is -2.28. The average molecular weight is 284 g/mol. The topological polar surface area (TPSA) is 99.3 Å². The first-order valence-electron chi connectivity index (χ1n) is 6.30. The van der Waals surface area contributed by atoms with Crippen LogP contribution < -0.4 is 5.32 Å². The molecule has 1 aromatic heterocycles. The molecule has 0 unspecified atom stereocenters. The largest absolute Gasteiger partial charge is 0.444 e. The maximum atomic E-state index is 11.7. The van der Waals surface area contributed by atoms with E-state index in [4.69, 9.17) is 4.74 Å². The Kier molecular flexibility index (Phi) is 4.69. The third-order valence-electron chi connectivity index (χ3n) is 2.17. The van der Waals surface area contributed by atoms with Crippen molar-refractivity contribution in [1.82, 2.24) is 9.78 Å². The Morgan fingerprint density at radius 3 is 2.60 bits per heavy atom. The summed E-state index contributed by atoms with van der Waals surface area (Å²) >= 11 is 0. The molecule has 0 bridgehead atoms. The van der Waals surface area contributed by atoms with Crippen LogP contribution in [0.5, 0.6) is 0 Å². The second-order valence-electron chi connectivity index (χ2n) is 5.84. The fraction of sp³-hybridized carbons (Fsp3) is 0.667. The van der Waals surface area contributed by atoms with E-state index in [0.29, 0.717) is 6.54 Å². The summed E-state index contributed by atoms with van der Waals surface area (Å²) in [6.07, 6.45) is 0.376. The molecule has 0 radical (unpaired) electrons. The second-order valence-corrected chi connectivity index (χ2v) is 5.84. The van der Waals surface area contributed by atoms with Gasteiger partial charge in [0.2, 0.25) is 5.82 Å². The summed E-state index contributed by atoms with van der Waals surface area (Å²) in [4.78, 5) is 22.1. The summed E-state index contributed by atoms with van der Waals surface area (Å²) in [7, 11) is 0. The third kappa shape index (κ3) is 4.52. The van der Waals surface area contributed by atoms with E-state index in [1.807, 2.05) is 13.8 Å². The predicted octanol–water partition coefficient (Wildman–Crippen LogP) is 2.79. The Morgan fingerprint density at radius 1 is 1.55 bits per heavy atom. The first kappa shape index (κ1) is 15.9. The minimum Gasteiger partial charge on any atom is -0.444 e. The van der Waals surface area contributed by atoms with Crippen LogP contribution >= 0.6 is 0 Å². The summed E-state index contributed by atoms with van der Waals surface area (Å²) in [6.45, 7) is 9.50. The Labute approximate surface area is 117 Å². The molecule has 1 aromatic rings. The molecule has 1 heterocycles. The van der Waals surface area contributed by atoms with Crippen LogP contribution in [-0.4, -0.2) is 26.4 Å². The molecular weight excluding hydrogens is 264 g/mol. The standard InChI is InChI=1S/C12H20N4O4/c1-8(2)7-15-10(9(6-13-15)16(18)19)14-11(17)20-12(3,4)5/h6,8H,7H2,1-5H3,(H,14,17). The van der Waals surface area contributed by atoms with Gasteiger partial charge in [-0.2, -0.15) is 5.10 Å². The third-order valence-corrected chi connectivity index (χ3v) is 2.17. The first-order chi connectivity index (χ1) is 9.10. The van der Waals surface area contributed by atoms with Crippen molar-refractivity contribution in [3.63, 3.8) is 0 Å². The van der Waals surface area contributed by atoms with Crippen molar-refractivity contribution in [2.24, 2.45) is 5.92 Å². The van der Waals surface area contributed by atoms with Crippen LogP contribution in [0.25, 0.3) is 0 Å². The molecule has 1 N–H and O–H groups in total. The van der Waals surface area contributed by atoms with E-state index in [9.17, 15) is 14.9 Å². The van der Waals surface area contributed by atoms with Crippen molar-refractivity contribution in [3.05, 3.63) is 16.3 Å². The molecule has 0 fully saturated rings. The summed E-state index contributed by atoms with van der Waals surface area (Å²) in [6, 6.07) is 0. The highest BCUT2D eigenvalue weighted by atomic mass is 16.6. The molecule has 8 nitrogen and oxygen atoms in total. The van der Waals surface area contributed by atoms with E-state index >= 15 is 0 Å². The van der Waals surface area contributed by atoms with Gasteiger partial charge in [-0.05, 0) is 26.7 Å². The predicted molar refractivity (Wildman–Crippen MR) is 73.6 cm³/mol. The molecule has 0 aliphatic heterocycles. The fourth-order valence-electron chi connectivity index (χ4n) is 1.52. The molecule has 1 amide bonds. The van der Waals surface area contributed by atoms with Gasteiger partial charge in [0.15, 0.2) is 0 Å². The number of hydrogen-bond donors (Lipinski definition) is 1. The highest BCUT2D eigenvalue weighted by molar-refractivity contribution is 5.86. The molecule has 0 saturated carbocycles. The Bertz CT molecular complexity index is 502. The van der Waals surface area contributed by atoms with Gasteiger partial charge >= 0.3 is 11.8 Å². The van der Waals surface area contributed by atoms with Crippen molar-refractivity contribution in [3.8, 4) is 0 Å². The molecular formula is C12H20N4O4. The summed E-state index contributed by atoms with van der Waals surface area (Å²) in [5.41, 5.74) is -0.932. The first-order valence-corrected chi connectivity index (χ1v) is 6.30. The van der Waals surface area contributed by atoms with Gasteiger partial charge in [0.25, 0.3) is 0 Å². The van der Waals surface area contributed by atoms with Gasteiger partial charge in [-0.3, -0.25) is 15.4 Å². The molecule has 0 atom stereocenters. The van der Waals surface area contributed by atoms with E-state index in [-0.39, 0.29) is 17.4 Å². The number of amides is 1. The van der Waals surface area contributed by atoms with Gasteiger partial charge in [-0.1, -0.05) is 13.8 Å². The van der Waals surface area contributed by atoms with Crippen molar-refractivity contribution in [2.75, 3.05) is 5.32 Å². The zero-order valence-electron chi connectivity index (χ0n) is 12.3. The van der Waals surface area contributed by atoms with Crippen LogP contribution in [-0.2, 0) is 11.3 Å². The molecule has 0 aromatic carbocycles. The smallest absolute Gasteiger partial charge is 0.413 e. The molecule has 20 heavy (non-hydrogen) atoms. The van der Waals surface area contributed by atoms with E-state index in [1.54, 1.807) is 20.8 Å². The monoisotopic (exact) mass is 284 g/mol. The number of nitro groups is 1. The average Bonchev–Trinajstić information content (AvgIpc) is 2.57. The van der Waals surface area contributed by atoms with Gasteiger partial charge in [0, 0.05) is 6.54 Å². The second kappa shape index (κ2) is 5.89. The summed E-state index contributed by atoms with van der Waals surface area (Å²) in [5, 5.41) is 17.3. The lowest BCUT2D eigenvalue weighted by Gasteiger charge is -2.19. The van der Waals surface area contributed by atoms with Crippen LogP contribution in [0.3, 0.4) is 0 Å². The number of rotatable bonds is 4. The number of nitrogens with zero attached hydrogens (tertiary/aromatic N) is 3. The minimum atomic E-state index is -0.744. The zero-order valence-corrected chi connectivity index (χ0v) is 12.3. The Hall–Kier alpha value is -2.12. The molecule has 0 aliphatic carbocycles. The number of hydrogen-bond acceptors (Lipinski definition) is 5. The lowest BCUT2D eigenvalue weighted by atomic mass is 10.2. The van der Waals surface area contributed by atoms with E-state index in [0.717, 1.165) is 6.20 Å². The van der Waals surface area contributed by atoms with Crippen LogP contribution in [0, 0.1) is 16.0 Å². The van der Waals surface area contributed by atoms with Crippen molar-refractivity contribution in [2.45, 2.75) is 46.8 Å². The molecule has 0 aliphatic rings. The van der Waals surface area contributed by atoms with E-state index < -0.39 is 16.6 Å².